The summed E-state index contributed by atoms with van der Waals surface area (Å²) in [5.74, 6) is 2.53. The third-order valence-corrected chi connectivity index (χ3v) is 3.74. The highest BCUT2D eigenvalue weighted by Gasteiger charge is 2.30. The first-order chi connectivity index (χ1) is 8.29. The van der Waals surface area contributed by atoms with Crippen LogP contribution in [0, 0.1) is 5.92 Å². The standard InChI is InChI=1S/C13H16ClN3/c1-9-7-10(8-9)17-12(4-5-14)16-11-3-2-6-15-13(11)17/h2-3,6,9-10H,4-5,7-8H2,1H3. The van der Waals surface area contributed by atoms with Gasteiger partial charge in [0.25, 0.3) is 0 Å². The summed E-state index contributed by atoms with van der Waals surface area (Å²) in [6.45, 7) is 2.30. The van der Waals surface area contributed by atoms with E-state index in [1.54, 1.807) is 0 Å². The molecule has 0 radical (unpaired) electrons. The number of aryl methyl sites for hydroxylation is 1. The van der Waals surface area contributed by atoms with E-state index in [2.05, 4.69) is 21.5 Å². The fourth-order valence-electron chi connectivity index (χ4n) is 2.69. The Morgan fingerprint density at radius 1 is 1.47 bits per heavy atom. The van der Waals surface area contributed by atoms with Gasteiger partial charge in [0, 0.05) is 24.5 Å². The molecule has 0 amide bonds. The Kier molecular flexibility index (Phi) is 2.79. The third-order valence-electron chi connectivity index (χ3n) is 3.55. The van der Waals surface area contributed by atoms with Crippen LogP contribution in [-0.4, -0.2) is 20.4 Å². The molecular formula is C13H16ClN3. The van der Waals surface area contributed by atoms with Crippen LogP contribution in [0.5, 0.6) is 0 Å². The van der Waals surface area contributed by atoms with Gasteiger partial charge in [-0.2, -0.15) is 0 Å². The van der Waals surface area contributed by atoms with Crippen molar-refractivity contribution < 1.29 is 0 Å². The summed E-state index contributed by atoms with van der Waals surface area (Å²) >= 11 is 5.86. The summed E-state index contributed by atoms with van der Waals surface area (Å²) in [6.07, 6.45) is 5.13. The van der Waals surface area contributed by atoms with Crippen molar-refractivity contribution in [1.29, 1.82) is 0 Å². The second-order valence-electron chi connectivity index (χ2n) is 4.91. The molecule has 1 aliphatic rings. The first kappa shape index (κ1) is 11.0. The zero-order valence-corrected chi connectivity index (χ0v) is 10.7. The van der Waals surface area contributed by atoms with Crippen LogP contribution in [0.2, 0.25) is 0 Å². The summed E-state index contributed by atoms with van der Waals surface area (Å²) in [6, 6.07) is 4.54. The van der Waals surface area contributed by atoms with Crippen molar-refractivity contribution in [3.05, 3.63) is 24.2 Å². The molecule has 3 rings (SSSR count). The molecule has 2 aromatic heterocycles. The number of halogens is 1. The van der Waals surface area contributed by atoms with Crippen molar-refractivity contribution in [2.24, 2.45) is 5.92 Å². The normalized spacial score (nSPS) is 23.9. The number of aromatic nitrogens is 3. The second kappa shape index (κ2) is 4.30. The molecule has 0 unspecified atom stereocenters. The molecule has 0 atom stereocenters. The van der Waals surface area contributed by atoms with Crippen molar-refractivity contribution in [1.82, 2.24) is 14.5 Å². The van der Waals surface area contributed by atoms with Gasteiger partial charge in [-0.1, -0.05) is 6.92 Å². The molecule has 2 aromatic rings. The number of hydrogen-bond donors (Lipinski definition) is 0. The lowest BCUT2D eigenvalue weighted by Crippen LogP contribution is -2.26. The van der Waals surface area contributed by atoms with Gasteiger partial charge in [0.05, 0.1) is 0 Å². The SMILES string of the molecule is CC1CC(n2c(CCCl)nc3cccnc32)C1. The Bertz CT molecular complexity index is 528. The van der Waals surface area contributed by atoms with E-state index >= 15 is 0 Å². The minimum atomic E-state index is 0.572. The quantitative estimate of drug-likeness (QED) is 0.783. The highest BCUT2D eigenvalue weighted by Crippen LogP contribution is 2.39. The van der Waals surface area contributed by atoms with Crippen LogP contribution in [0.25, 0.3) is 11.2 Å². The van der Waals surface area contributed by atoms with E-state index < -0.39 is 0 Å². The monoisotopic (exact) mass is 249 g/mol. The minimum absolute atomic E-state index is 0.572. The molecule has 0 N–H and O–H groups in total. The Hall–Kier alpha value is -1.09. The highest BCUT2D eigenvalue weighted by atomic mass is 35.5. The molecule has 0 bridgehead atoms. The van der Waals surface area contributed by atoms with Crippen molar-refractivity contribution >= 4 is 22.8 Å². The molecule has 0 saturated heterocycles. The van der Waals surface area contributed by atoms with Gasteiger partial charge >= 0.3 is 0 Å². The van der Waals surface area contributed by atoms with E-state index in [9.17, 15) is 0 Å². The maximum Gasteiger partial charge on any atom is 0.160 e. The molecule has 1 saturated carbocycles. The predicted molar refractivity (Wildman–Crippen MR) is 69.4 cm³/mol. The topological polar surface area (TPSA) is 30.7 Å². The first-order valence-corrected chi connectivity index (χ1v) is 6.71. The van der Waals surface area contributed by atoms with Crippen molar-refractivity contribution in [2.75, 3.05) is 5.88 Å². The molecule has 4 heteroatoms. The molecule has 0 aliphatic heterocycles. The molecular weight excluding hydrogens is 234 g/mol. The zero-order chi connectivity index (χ0) is 11.8. The Morgan fingerprint density at radius 3 is 3.00 bits per heavy atom. The van der Waals surface area contributed by atoms with E-state index in [4.69, 9.17) is 11.6 Å². The zero-order valence-electron chi connectivity index (χ0n) is 9.93. The lowest BCUT2D eigenvalue weighted by molar-refractivity contribution is 0.216. The first-order valence-electron chi connectivity index (χ1n) is 6.17. The number of hydrogen-bond acceptors (Lipinski definition) is 2. The van der Waals surface area contributed by atoms with Crippen LogP contribution in [-0.2, 0) is 6.42 Å². The van der Waals surface area contributed by atoms with Crippen LogP contribution < -0.4 is 0 Å². The van der Waals surface area contributed by atoms with Crippen molar-refractivity contribution in [2.45, 2.75) is 32.2 Å². The predicted octanol–water partition coefficient (Wildman–Crippen LogP) is 3.18. The smallest absolute Gasteiger partial charge is 0.160 e. The summed E-state index contributed by atoms with van der Waals surface area (Å²) in [7, 11) is 0. The van der Waals surface area contributed by atoms with Gasteiger partial charge in [0.1, 0.15) is 11.3 Å². The van der Waals surface area contributed by atoms with Crippen molar-refractivity contribution in [3.8, 4) is 0 Å². The summed E-state index contributed by atoms with van der Waals surface area (Å²) < 4.78 is 2.30. The van der Waals surface area contributed by atoms with Gasteiger partial charge in [-0.05, 0) is 30.9 Å². The molecule has 0 spiro atoms. The molecule has 2 heterocycles. The number of nitrogens with zero attached hydrogens (tertiary/aromatic N) is 3. The lowest BCUT2D eigenvalue weighted by atomic mass is 9.81. The van der Waals surface area contributed by atoms with Crippen LogP contribution in [0.4, 0.5) is 0 Å². The van der Waals surface area contributed by atoms with E-state index in [1.807, 2.05) is 18.3 Å². The van der Waals surface area contributed by atoms with Gasteiger partial charge in [0.2, 0.25) is 0 Å². The fourth-order valence-corrected chi connectivity index (χ4v) is 2.86. The lowest BCUT2D eigenvalue weighted by Gasteiger charge is -2.34. The number of rotatable bonds is 3. The van der Waals surface area contributed by atoms with Crippen LogP contribution in [0.15, 0.2) is 18.3 Å². The van der Waals surface area contributed by atoms with Crippen LogP contribution in [0.1, 0.15) is 31.6 Å². The van der Waals surface area contributed by atoms with Crippen molar-refractivity contribution in [3.63, 3.8) is 0 Å². The average molecular weight is 250 g/mol. The summed E-state index contributed by atoms with van der Waals surface area (Å²) in [5.41, 5.74) is 2.01. The number of fused-ring (bicyclic) bond motifs is 1. The maximum absolute atomic E-state index is 5.86. The van der Waals surface area contributed by atoms with E-state index in [0.29, 0.717) is 11.9 Å². The minimum Gasteiger partial charge on any atom is -0.310 e. The van der Waals surface area contributed by atoms with E-state index in [-0.39, 0.29) is 0 Å². The summed E-state index contributed by atoms with van der Waals surface area (Å²) in [5, 5.41) is 0. The van der Waals surface area contributed by atoms with Crippen LogP contribution in [0.3, 0.4) is 0 Å². The second-order valence-corrected chi connectivity index (χ2v) is 5.29. The Labute approximate surface area is 106 Å². The van der Waals surface area contributed by atoms with Gasteiger partial charge < -0.3 is 4.57 Å². The molecule has 3 nitrogen and oxygen atoms in total. The summed E-state index contributed by atoms with van der Waals surface area (Å²) in [4.78, 5) is 9.12. The molecule has 17 heavy (non-hydrogen) atoms. The number of alkyl halides is 1. The van der Waals surface area contributed by atoms with E-state index in [1.165, 1.54) is 12.8 Å². The van der Waals surface area contributed by atoms with Crippen LogP contribution >= 0.6 is 11.6 Å². The van der Waals surface area contributed by atoms with Gasteiger partial charge in [0.15, 0.2) is 5.65 Å². The molecule has 0 aromatic carbocycles. The average Bonchev–Trinajstić information content (AvgIpc) is 2.63. The fraction of sp³-hybridized carbons (Fsp3) is 0.538. The molecule has 1 fully saturated rings. The maximum atomic E-state index is 5.86. The Balaban J connectivity index is 2.08. The molecule has 90 valence electrons. The van der Waals surface area contributed by atoms with Gasteiger partial charge in [-0.15, -0.1) is 11.6 Å². The third kappa shape index (κ3) is 1.82. The highest BCUT2D eigenvalue weighted by molar-refractivity contribution is 6.17. The molecule has 1 aliphatic carbocycles. The number of imidazole rings is 1. The Morgan fingerprint density at radius 2 is 2.29 bits per heavy atom. The van der Waals surface area contributed by atoms with Gasteiger partial charge in [-0.3, -0.25) is 0 Å². The van der Waals surface area contributed by atoms with E-state index in [0.717, 1.165) is 29.3 Å². The largest absolute Gasteiger partial charge is 0.310 e. The number of pyridine rings is 1. The van der Waals surface area contributed by atoms with Gasteiger partial charge in [-0.25, -0.2) is 9.97 Å².